The summed E-state index contributed by atoms with van der Waals surface area (Å²) >= 11 is 5.39. The number of aromatic nitrogens is 2. The second-order valence-electron chi connectivity index (χ2n) is 2.94. The van der Waals surface area contributed by atoms with Crippen LogP contribution in [-0.4, -0.2) is 10.2 Å². The van der Waals surface area contributed by atoms with Crippen LogP contribution in [-0.2, 0) is 6.18 Å². The number of alkyl halides is 3. The van der Waals surface area contributed by atoms with Gasteiger partial charge < -0.3 is 4.42 Å². The number of halogens is 4. The Kier molecular flexibility index (Phi) is 2.59. The van der Waals surface area contributed by atoms with Crippen molar-refractivity contribution < 1.29 is 17.6 Å². The van der Waals surface area contributed by atoms with E-state index in [1.807, 2.05) is 0 Å². The van der Waals surface area contributed by atoms with Gasteiger partial charge in [0.25, 0.3) is 0 Å². The maximum absolute atomic E-state index is 12.3. The van der Waals surface area contributed by atoms with E-state index >= 15 is 0 Å². The molecule has 0 saturated heterocycles. The predicted molar refractivity (Wildman–Crippen MR) is 49.7 cm³/mol. The first kappa shape index (κ1) is 10.9. The van der Waals surface area contributed by atoms with Gasteiger partial charge in [-0.25, -0.2) is 0 Å². The Morgan fingerprint density at radius 3 is 2.12 bits per heavy atom. The monoisotopic (exact) mass is 248 g/mol. The van der Waals surface area contributed by atoms with Crippen molar-refractivity contribution >= 4 is 11.6 Å². The van der Waals surface area contributed by atoms with Gasteiger partial charge in [-0.15, -0.1) is 5.10 Å². The molecule has 0 aliphatic carbocycles. The number of benzene rings is 1. The summed E-state index contributed by atoms with van der Waals surface area (Å²) in [6, 6.07) is 4.36. The summed E-state index contributed by atoms with van der Waals surface area (Å²) in [5.74, 6) is 0.0822. The fourth-order valence-corrected chi connectivity index (χ4v) is 1.23. The summed E-state index contributed by atoms with van der Waals surface area (Å²) in [5.41, 5.74) is -0.353. The average molecular weight is 249 g/mol. The Hall–Kier alpha value is -1.56. The van der Waals surface area contributed by atoms with Crippen LogP contribution in [0.15, 0.2) is 28.7 Å². The SMILES string of the molecule is FC(F)(F)c1ccc(-c2nnc(Cl)o2)cc1. The van der Waals surface area contributed by atoms with Crippen molar-refractivity contribution in [3.8, 4) is 11.5 Å². The van der Waals surface area contributed by atoms with Crippen molar-refractivity contribution in [3.63, 3.8) is 0 Å². The highest BCUT2D eigenvalue weighted by atomic mass is 35.5. The molecule has 7 heteroatoms. The van der Waals surface area contributed by atoms with E-state index in [0.717, 1.165) is 12.1 Å². The van der Waals surface area contributed by atoms with Crippen molar-refractivity contribution in [1.82, 2.24) is 10.2 Å². The highest BCUT2D eigenvalue weighted by Gasteiger charge is 2.30. The summed E-state index contributed by atoms with van der Waals surface area (Å²) < 4.78 is 41.6. The minimum absolute atomic E-state index is 0.0822. The van der Waals surface area contributed by atoms with Crippen LogP contribution in [0.4, 0.5) is 13.2 Å². The topological polar surface area (TPSA) is 38.9 Å². The quantitative estimate of drug-likeness (QED) is 0.776. The zero-order chi connectivity index (χ0) is 11.8. The van der Waals surface area contributed by atoms with Crippen molar-refractivity contribution in [2.45, 2.75) is 6.18 Å². The highest BCUT2D eigenvalue weighted by Crippen LogP contribution is 2.30. The minimum atomic E-state index is -4.36. The van der Waals surface area contributed by atoms with Gasteiger partial charge in [-0.1, -0.05) is 5.10 Å². The third-order valence-electron chi connectivity index (χ3n) is 1.86. The van der Waals surface area contributed by atoms with Crippen LogP contribution in [0.1, 0.15) is 5.56 Å². The molecule has 0 bridgehead atoms. The molecule has 1 heterocycles. The Balaban J connectivity index is 2.33. The van der Waals surface area contributed by atoms with E-state index in [1.54, 1.807) is 0 Å². The molecular weight excluding hydrogens is 245 g/mol. The Bertz CT molecular complexity index is 492. The molecule has 0 aliphatic heterocycles. The molecule has 1 aromatic heterocycles. The Morgan fingerprint density at radius 2 is 1.69 bits per heavy atom. The van der Waals surface area contributed by atoms with Gasteiger partial charge in [-0.05, 0) is 35.9 Å². The lowest BCUT2D eigenvalue weighted by Gasteiger charge is -2.05. The van der Waals surface area contributed by atoms with E-state index in [0.29, 0.717) is 5.56 Å². The van der Waals surface area contributed by atoms with Crippen molar-refractivity contribution in [3.05, 3.63) is 35.2 Å². The molecule has 0 fully saturated rings. The third-order valence-corrected chi connectivity index (χ3v) is 2.01. The van der Waals surface area contributed by atoms with E-state index < -0.39 is 11.7 Å². The van der Waals surface area contributed by atoms with Crippen molar-refractivity contribution in [1.29, 1.82) is 0 Å². The van der Waals surface area contributed by atoms with Crippen LogP contribution in [0, 0.1) is 0 Å². The standard InChI is InChI=1S/C9H4ClF3N2O/c10-8-15-14-7(16-8)5-1-3-6(4-2-5)9(11,12)13/h1-4H. The van der Waals surface area contributed by atoms with Gasteiger partial charge in [0.05, 0.1) is 5.56 Å². The molecule has 0 unspecified atom stereocenters. The normalized spacial score (nSPS) is 11.8. The predicted octanol–water partition coefficient (Wildman–Crippen LogP) is 3.41. The van der Waals surface area contributed by atoms with Crippen molar-refractivity contribution in [2.24, 2.45) is 0 Å². The lowest BCUT2D eigenvalue weighted by molar-refractivity contribution is -0.137. The summed E-state index contributed by atoms with van der Waals surface area (Å²) in [6.45, 7) is 0. The van der Waals surface area contributed by atoms with E-state index in [-0.39, 0.29) is 11.2 Å². The van der Waals surface area contributed by atoms with Crippen LogP contribution in [0.25, 0.3) is 11.5 Å². The van der Waals surface area contributed by atoms with Crippen LogP contribution >= 0.6 is 11.6 Å². The molecule has 16 heavy (non-hydrogen) atoms. The molecular formula is C9H4ClF3N2O. The van der Waals surface area contributed by atoms with Crippen molar-refractivity contribution in [2.75, 3.05) is 0 Å². The molecule has 0 spiro atoms. The Labute approximate surface area is 92.9 Å². The molecule has 0 N–H and O–H groups in total. The molecule has 3 nitrogen and oxygen atoms in total. The van der Waals surface area contributed by atoms with Gasteiger partial charge in [0.2, 0.25) is 5.89 Å². The van der Waals surface area contributed by atoms with Crippen LogP contribution in [0.5, 0.6) is 0 Å². The molecule has 84 valence electrons. The van der Waals surface area contributed by atoms with E-state index in [9.17, 15) is 13.2 Å². The fourth-order valence-electron chi connectivity index (χ4n) is 1.12. The fraction of sp³-hybridized carbons (Fsp3) is 0.111. The summed E-state index contributed by atoms with van der Waals surface area (Å²) in [4.78, 5) is 0. The van der Waals surface area contributed by atoms with Crippen LogP contribution < -0.4 is 0 Å². The lowest BCUT2D eigenvalue weighted by Crippen LogP contribution is -2.03. The van der Waals surface area contributed by atoms with E-state index in [2.05, 4.69) is 10.2 Å². The van der Waals surface area contributed by atoms with Crippen LogP contribution in [0.3, 0.4) is 0 Å². The largest absolute Gasteiger partial charge is 0.416 e. The molecule has 0 aliphatic rings. The molecule has 2 rings (SSSR count). The van der Waals surface area contributed by atoms with Gasteiger partial charge in [0.1, 0.15) is 0 Å². The van der Waals surface area contributed by atoms with E-state index in [1.165, 1.54) is 12.1 Å². The lowest BCUT2D eigenvalue weighted by atomic mass is 10.1. The maximum atomic E-state index is 12.3. The molecule has 0 saturated carbocycles. The summed E-state index contributed by atoms with van der Waals surface area (Å²) in [6.07, 6.45) is -4.36. The number of rotatable bonds is 1. The zero-order valence-corrected chi connectivity index (χ0v) is 8.38. The zero-order valence-electron chi connectivity index (χ0n) is 7.62. The molecule has 0 amide bonds. The van der Waals surface area contributed by atoms with Gasteiger partial charge in [0, 0.05) is 5.56 Å². The highest BCUT2D eigenvalue weighted by molar-refractivity contribution is 6.27. The summed E-state index contributed by atoms with van der Waals surface area (Å²) in [7, 11) is 0. The second-order valence-corrected chi connectivity index (χ2v) is 3.26. The van der Waals surface area contributed by atoms with Crippen LogP contribution in [0.2, 0.25) is 5.35 Å². The first-order valence-electron chi connectivity index (χ1n) is 4.13. The first-order valence-corrected chi connectivity index (χ1v) is 4.51. The second kappa shape index (κ2) is 3.79. The average Bonchev–Trinajstić information content (AvgIpc) is 2.64. The first-order chi connectivity index (χ1) is 7.47. The summed E-state index contributed by atoms with van der Waals surface area (Å²) in [5, 5.41) is 6.78. The smallest absolute Gasteiger partial charge is 0.407 e. The van der Waals surface area contributed by atoms with Gasteiger partial charge >= 0.3 is 11.5 Å². The minimum Gasteiger partial charge on any atom is -0.407 e. The molecule has 2 aromatic rings. The van der Waals surface area contributed by atoms with Gasteiger partial charge in [0.15, 0.2) is 0 Å². The third kappa shape index (κ3) is 2.16. The number of hydrogen-bond acceptors (Lipinski definition) is 3. The Morgan fingerprint density at radius 1 is 1.06 bits per heavy atom. The molecule has 1 aromatic carbocycles. The number of hydrogen-bond donors (Lipinski definition) is 0. The molecule has 0 atom stereocenters. The van der Waals surface area contributed by atoms with Gasteiger partial charge in [-0.2, -0.15) is 13.2 Å². The maximum Gasteiger partial charge on any atom is 0.416 e. The van der Waals surface area contributed by atoms with Gasteiger partial charge in [-0.3, -0.25) is 0 Å². The number of nitrogens with zero attached hydrogens (tertiary/aromatic N) is 2. The van der Waals surface area contributed by atoms with E-state index in [4.69, 9.17) is 16.0 Å². The molecule has 0 radical (unpaired) electrons.